The summed E-state index contributed by atoms with van der Waals surface area (Å²) in [7, 11) is 0. The van der Waals surface area contributed by atoms with Crippen LogP contribution in [0.1, 0.15) is 21.2 Å². The first-order valence-corrected chi connectivity index (χ1v) is 5.32. The van der Waals surface area contributed by atoms with Gasteiger partial charge in [-0.05, 0) is 6.92 Å². The Morgan fingerprint density at radius 1 is 1.60 bits per heavy atom. The summed E-state index contributed by atoms with van der Waals surface area (Å²) in [4.78, 5) is 23.2. The number of imidazole rings is 1. The third-order valence-electron chi connectivity index (χ3n) is 1.92. The molecule has 2 aromatic heterocycles. The summed E-state index contributed by atoms with van der Waals surface area (Å²) in [6, 6.07) is 0. The van der Waals surface area contributed by atoms with E-state index in [1.165, 1.54) is 11.3 Å². The summed E-state index contributed by atoms with van der Waals surface area (Å²) >= 11 is 1.34. The van der Waals surface area contributed by atoms with Gasteiger partial charge in [0.1, 0.15) is 10.7 Å². The van der Waals surface area contributed by atoms with Crippen molar-refractivity contribution in [2.45, 2.75) is 13.5 Å². The minimum Gasteiger partial charge on any atom is -0.347 e. The molecule has 2 N–H and O–H groups in total. The van der Waals surface area contributed by atoms with Gasteiger partial charge in [-0.3, -0.25) is 4.79 Å². The molecule has 0 aliphatic rings. The second-order valence-electron chi connectivity index (χ2n) is 2.99. The SMILES string of the molecule is Cc1ncsc1C(=O)NCc1ncc[nH]1. The van der Waals surface area contributed by atoms with E-state index < -0.39 is 0 Å². The average molecular weight is 222 g/mol. The van der Waals surface area contributed by atoms with Crippen LogP contribution in [-0.4, -0.2) is 20.9 Å². The number of carbonyl (C=O) groups excluding carboxylic acids is 1. The van der Waals surface area contributed by atoms with Crippen molar-refractivity contribution in [3.8, 4) is 0 Å². The minimum absolute atomic E-state index is 0.105. The fourth-order valence-electron chi connectivity index (χ4n) is 1.16. The molecule has 2 aromatic rings. The highest BCUT2D eigenvalue weighted by Crippen LogP contribution is 2.11. The number of nitrogens with zero attached hydrogens (tertiary/aromatic N) is 2. The molecule has 0 aliphatic heterocycles. The second-order valence-corrected chi connectivity index (χ2v) is 3.84. The van der Waals surface area contributed by atoms with E-state index in [0.717, 1.165) is 11.5 Å². The van der Waals surface area contributed by atoms with E-state index in [-0.39, 0.29) is 5.91 Å². The van der Waals surface area contributed by atoms with E-state index in [2.05, 4.69) is 20.3 Å². The first-order valence-electron chi connectivity index (χ1n) is 4.44. The van der Waals surface area contributed by atoms with Gasteiger partial charge in [0.15, 0.2) is 0 Å². The van der Waals surface area contributed by atoms with Gasteiger partial charge in [-0.15, -0.1) is 11.3 Å². The van der Waals surface area contributed by atoms with E-state index in [1.807, 2.05) is 6.92 Å². The molecule has 0 spiro atoms. The maximum absolute atomic E-state index is 11.6. The van der Waals surface area contributed by atoms with Gasteiger partial charge in [-0.1, -0.05) is 0 Å². The molecular weight excluding hydrogens is 212 g/mol. The van der Waals surface area contributed by atoms with E-state index in [9.17, 15) is 4.79 Å². The largest absolute Gasteiger partial charge is 0.347 e. The van der Waals surface area contributed by atoms with Crippen LogP contribution in [0.5, 0.6) is 0 Å². The van der Waals surface area contributed by atoms with Gasteiger partial charge in [0.25, 0.3) is 5.91 Å². The van der Waals surface area contributed by atoms with Crippen LogP contribution in [0.2, 0.25) is 0 Å². The smallest absolute Gasteiger partial charge is 0.263 e. The lowest BCUT2D eigenvalue weighted by Gasteiger charge is -2.00. The van der Waals surface area contributed by atoms with Crippen molar-refractivity contribution in [1.82, 2.24) is 20.3 Å². The lowest BCUT2D eigenvalue weighted by atomic mass is 10.4. The Morgan fingerprint density at radius 2 is 2.47 bits per heavy atom. The van der Waals surface area contributed by atoms with E-state index in [0.29, 0.717) is 11.4 Å². The zero-order valence-corrected chi connectivity index (χ0v) is 8.97. The third-order valence-corrected chi connectivity index (χ3v) is 2.85. The standard InChI is InChI=1S/C9H10N4OS/c1-6-8(15-5-13-6)9(14)12-4-7-10-2-3-11-7/h2-3,5H,4H2,1H3,(H,10,11)(H,12,14). The number of rotatable bonds is 3. The molecule has 2 heterocycles. The fourth-order valence-corrected chi connectivity index (χ4v) is 1.88. The summed E-state index contributed by atoms with van der Waals surface area (Å²) in [5.41, 5.74) is 2.42. The molecule has 0 aliphatic carbocycles. The van der Waals surface area contributed by atoms with Crippen LogP contribution < -0.4 is 5.32 Å². The van der Waals surface area contributed by atoms with Gasteiger partial charge in [0.05, 0.1) is 17.7 Å². The number of aromatic amines is 1. The molecule has 0 fully saturated rings. The highest BCUT2D eigenvalue weighted by atomic mass is 32.1. The Bertz CT molecular complexity index is 448. The molecule has 1 amide bonds. The van der Waals surface area contributed by atoms with E-state index in [4.69, 9.17) is 0 Å². The fraction of sp³-hybridized carbons (Fsp3) is 0.222. The topological polar surface area (TPSA) is 70.7 Å². The Labute approximate surface area is 90.6 Å². The van der Waals surface area contributed by atoms with Crippen LogP contribution in [0.15, 0.2) is 17.9 Å². The third kappa shape index (κ3) is 2.21. The Hall–Kier alpha value is -1.69. The molecule has 0 saturated heterocycles. The van der Waals surface area contributed by atoms with Gasteiger partial charge in [0, 0.05) is 12.4 Å². The maximum Gasteiger partial charge on any atom is 0.263 e. The summed E-state index contributed by atoms with van der Waals surface area (Å²) in [6.07, 6.45) is 3.37. The van der Waals surface area contributed by atoms with Crippen LogP contribution in [0.3, 0.4) is 0 Å². The van der Waals surface area contributed by atoms with Crippen LogP contribution in [-0.2, 0) is 6.54 Å². The van der Waals surface area contributed by atoms with Gasteiger partial charge >= 0.3 is 0 Å². The lowest BCUT2D eigenvalue weighted by Crippen LogP contribution is -2.23. The van der Waals surface area contributed by atoms with Crippen molar-refractivity contribution in [3.05, 3.63) is 34.3 Å². The lowest BCUT2D eigenvalue weighted by molar-refractivity contribution is 0.0953. The van der Waals surface area contributed by atoms with Gasteiger partial charge in [0.2, 0.25) is 0 Å². The number of hydrogen-bond donors (Lipinski definition) is 2. The molecule has 2 rings (SSSR count). The highest BCUT2D eigenvalue weighted by Gasteiger charge is 2.11. The monoisotopic (exact) mass is 222 g/mol. The molecule has 78 valence electrons. The van der Waals surface area contributed by atoms with E-state index in [1.54, 1.807) is 17.9 Å². The number of thiazole rings is 1. The molecular formula is C9H10N4OS. The van der Waals surface area contributed by atoms with Crippen molar-refractivity contribution in [1.29, 1.82) is 0 Å². The Morgan fingerprint density at radius 3 is 3.07 bits per heavy atom. The minimum atomic E-state index is -0.105. The van der Waals surface area contributed by atoms with Crippen LogP contribution in [0.4, 0.5) is 0 Å². The molecule has 0 saturated carbocycles. The van der Waals surface area contributed by atoms with Crippen LogP contribution >= 0.6 is 11.3 Å². The average Bonchev–Trinajstić information content (AvgIpc) is 2.84. The highest BCUT2D eigenvalue weighted by molar-refractivity contribution is 7.11. The number of carbonyl (C=O) groups is 1. The molecule has 5 nitrogen and oxygen atoms in total. The molecule has 0 aromatic carbocycles. The van der Waals surface area contributed by atoms with Gasteiger partial charge < -0.3 is 10.3 Å². The zero-order chi connectivity index (χ0) is 10.7. The van der Waals surface area contributed by atoms with E-state index >= 15 is 0 Å². The molecule has 0 bridgehead atoms. The molecule has 0 unspecified atom stereocenters. The van der Waals surface area contributed by atoms with Crippen molar-refractivity contribution in [2.24, 2.45) is 0 Å². The summed E-state index contributed by atoms with van der Waals surface area (Å²) in [5.74, 6) is 0.636. The predicted molar refractivity (Wildman–Crippen MR) is 56.6 cm³/mol. The zero-order valence-electron chi connectivity index (χ0n) is 8.15. The molecule has 0 radical (unpaired) electrons. The number of aryl methyl sites for hydroxylation is 1. The van der Waals surface area contributed by atoms with Crippen LogP contribution in [0, 0.1) is 6.92 Å². The number of nitrogens with one attached hydrogen (secondary N) is 2. The number of aromatic nitrogens is 3. The van der Waals surface area contributed by atoms with Crippen molar-refractivity contribution >= 4 is 17.2 Å². The Balaban J connectivity index is 1.96. The summed E-state index contributed by atoms with van der Waals surface area (Å²) < 4.78 is 0. The van der Waals surface area contributed by atoms with Gasteiger partial charge in [-0.2, -0.15) is 0 Å². The van der Waals surface area contributed by atoms with Gasteiger partial charge in [-0.25, -0.2) is 9.97 Å². The molecule has 0 atom stereocenters. The summed E-state index contributed by atoms with van der Waals surface area (Å²) in [5, 5.41) is 2.77. The van der Waals surface area contributed by atoms with Crippen molar-refractivity contribution in [3.63, 3.8) is 0 Å². The second kappa shape index (κ2) is 4.22. The number of H-pyrrole nitrogens is 1. The molecule has 6 heteroatoms. The van der Waals surface area contributed by atoms with Crippen molar-refractivity contribution < 1.29 is 4.79 Å². The molecule has 15 heavy (non-hydrogen) atoms. The first-order chi connectivity index (χ1) is 7.27. The maximum atomic E-state index is 11.6. The number of amides is 1. The predicted octanol–water partition coefficient (Wildman–Crippen LogP) is 1.10. The quantitative estimate of drug-likeness (QED) is 0.817. The normalized spacial score (nSPS) is 10.2. The van der Waals surface area contributed by atoms with Crippen LogP contribution in [0.25, 0.3) is 0 Å². The van der Waals surface area contributed by atoms with Crippen molar-refractivity contribution in [2.75, 3.05) is 0 Å². The summed E-state index contributed by atoms with van der Waals surface area (Å²) in [6.45, 7) is 2.22. The first kappa shape index (κ1) is 9.85. The Kier molecular flexibility index (Phi) is 2.77. The number of hydrogen-bond acceptors (Lipinski definition) is 4.